The fourth-order valence-electron chi connectivity index (χ4n) is 1.51. The summed E-state index contributed by atoms with van der Waals surface area (Å²) in [6.07, 6.45) is 0.904. The van der Waals surface area contributed by atoms with Gasteiger partial charge in [0, 0.05) is 0 Å². The van der Waals surface area contributed by atoms with Crippen molar-refractivity contribution < 1.29 is 23.5 Å². The number of benzene rings is 1. The van der Waals surface area contributed by atoms with Crippen LogP contribution in [0.2, 0.25) is 0 Å². The largest absolute Gasteiger partial charge is 0.457 e. The number of aromatic nitrogens is 1. The highest BCUT2D eigenvalue weighted by Crippen LogP contribution is 2.03. The molecule has 7 heteroatoms. The molecule has 110 valence electrons. The van der Waals surface area contributed by atoms with Gasteiger partial charge in [-0.3, -0.25) is 10.5 Å². The average molecular weight is 290 g/mol. The van der Waals surface area contributed by atoms with Gasteiger partial charge in [-0.1, -0.05) is 30.3 Å². The summed E-state index contributed by atoms with van der Waals surface area (Å²) in [5.74, 6) is -1.50. The lowest BCUT2D eigenvalue weighted by Gasteiger charge is -2.12. The summed E-state index contributed by atoms with van der Waals surface area (Å²) in [5.41, 5.74) is 6.66. The minimum atomic E-state index is -1.46. The first kappa shape index (κ1) is 14.7. The van der Waals surface area contributed by atoms with Gasteiger partial charge in [0.05, 0.1) is 12.1 Å². The molecule has 1 aromatic carbocycles. The van der Waals surface area contributed by atoms with E-state index in [0.29, 0.717) is 5.69 Å². The first-order valence-corrected chi connectivity index (χ1v) is 6.18. The third kappa shape index (κ3) is 4.73. The van der Waals surface area contributed by atoms with Crippen LogP contribution in [0.3, 0.4) is 0 Å². The molecule has 1 heterocycles. The Morgan fingerprint density at radius 3 is 2.71 bits per heavy atom. The van der Waals surface area contributed by atoms with Crippen LogP contribution in [-0.4, -0.2) is 23.2 Å². The molecule has 2 aromatic rings. The van der Waals surface area contributed by atoms with Crippen LogP contribution in [0, 0.1) is 0 Å². The van der Waals surface area contributed by atoms with Crippen molar-refractivity contribution in [2.24, 2.45) is 5.73 Å². The third-order valence-electron chi connectivity index (χ3n) is 2.52. The minimum Gasteiger partial charge on any atom is -0.457 e. The lowest BCUT2D eigenvalue weighted by Crippen LogP contribution is -2.37. The van der Waals surface area contributed by atoms with E-state index in [-0.39, 0.29) is 13.0 Å². The van der Waals surface area contributed by atoms with E-state index in [4.69, 9.17) is 19.6 Å². The summed E-state index contributed by atoms with van der Waals surface area (Å²) in [4.78, 5) is 26.9. The van der Waals surface area contributed by atoms with E-state index in [1.165, 1.54) is 12.7 Å². The first-order valence-electron chi connectivity index (χ1n) is 6.18. The lowest BCUT2D eigenvalue weighted by molar-refractivity contribution is -0.168. The van der Waals surface area contributed by atoms with Gasteiger partial charge < -0.3 is 13.9 Å². The highest BCUT2D eigenvalue weighted by Gasteiger charge is 2.20. The molecule has 21 heavy (non-hydrogen) atoms. The third-order valence-corrected chi connectivity index (χ3v) is 2.52. The highest BCUT2D eigenvalue weighted by atomic mass is 16.6. The van der Waals surface area contributed by atoms with Crippen LogP contribution in [0.5, 0.6) is 0 Å². The van der Waals surface area contributed by atoms with Gasteiger partial charge in [-0.2, -0.15) is 0 Å². The maximum atomic E-state index is 11.6. The van der Waals surface area contributed by atoms with E-state index >= 15 is 0 Å². The molecule has 0 bridgehead atoms. The Bertz CT molecular complexity index is 583. The molecular formula is C14H14N2O5. The number of ether oxygens (including phenoxy) is 2. The van der Waals surface area contributed by atoms with Crippen molar-refractivity contribution in [1.82, 2.24) is 4.98 Å². The molecule has 2 N–H and O–H groups in total. The molecular weight excluding hydrogens is 276 g/mol. The summed E-state index contributed by atoms with van der Waals surface area (Å²) >= 11 is 0. The van der Waals surface area contributed by atoms with Crippen molar-refractivity contribution in [2.75, 3.05) is 0 Å². The van der Waals surface area contributed by atoms with Gasteiger partial charge >= 0.3 is 11.9 Å². The molecule has 0 spiro atoms. The molecule has 0 amide bonds. The normalized spacial score (nSPS) is 11.7. The Balaban J connectivity index is 1.75. The van der Waals surface area contributed by atoms with Crippen LogP contribution >= 0.6 is 0 Å². The molecule has 7 nitrogen and oxygen atoms in total. The fraction of sp³-hybridized carbons (Fsp3) is 0.214. The standard InChI is InChI=1S/C14H14N2O5/c15-13(21-12(17)6-11-8-19-9-16-11)14(18)20-7-10-4-2-1-3-5-10/h1-5,8-9,13H,6-7,15H2. The second kappa shape index (κ2) is 7.20. The van der Waals surface area contributed by atoms with Crippen LogP contribution < -0.4 is 5.73 Å². The Kier molecular flexibility index (Phi) is 5.05. The van der Waals surface area contributed by atoms with Crippen molar-refractivity contribution >= 4 is 11.9 Å². The van der Waals surface area contributed by atoms with Gasteiger partial charge in [-0.05, 0) is 5.56 Å². The fourth-order valence-corrected chi connectivity index (χ4v) is 1.51. The van der Waals surface area contributed by atoms with Crippen LogP contribution in [0.25, 0.3) is 0 Å². The average Bonchev–Trinajstić information content (AvgIpc) is 2.98. The monoisotopic (exact) mass is 290 g/mol. The van der Waals surface area contributed by atoms with Crippen molar-refractivity contribution in [2.45, 2.75) is 19.3 Å². The van der Waals surface area contributed by atoms with Crippen LogP contribution in [0.1, 0.15) is 11.3 Å². The van der Waals surface area contributed by atoms with Crippen LogP contribution in [0.4, 0.5) is 0 Å². The number of nitrogens with two attached hydrogens (primary N) is 1. The molecule has 1 unspecified atom stereocenters. The quantitative estimate of drug-likeness (QED) is 0.619. The lowest BCUT2D eigenvalue weighted by atomic mass is 10.2. The van der Waals surface area contributed by atoms with Gasteiger partial charge in [-0.25, -0.2) is 9.78 Å². The summed E-state index contributed by atoms with van der Waals surface area (Å²) in [6.45, 7) is 0.0637. The number of rotatable bonds is 6. The van der Waals surface area contributed by atoms with E-state index in [1.807, 2.05) is 18.2 Å². The number of hydrogen-bond donors (Lipinski definition) is 1. The molecule has 0 aliphatic heterocycles. The Hall–Kier alpha value is -2.67. The zero-order valence-electron chi connectivity index (χ0n) is 11.1. The summed E-state index contributed by atoms with van der Waals surface area (Å²) in [6, 6.07) is 9.09. The highest BCUT2D eigenvalue weighted by molar-refractivity contribution is 5.79. The number of carbonyl (C=O) groups excluding carboxylic acids is 2. The Morgan fingerprint density at radius 1 is 1.29 bits per heavy atom. The Morgan fingerprint density at radius 2 is 2.05 bits per heavy atom. The van der Waals surface area contributed by atoms with Gasteiger partial charge in [0.1, 0.15) is 12.9 Å². The smallest absolute Gasteiger partial charge is 0.363 e. The van der Waals surface area contributed by atoms with Gasteiger partial charge in [0.15, 0.2) is 6.39 Å². The SMILES string of the molecule is NC(OC(=O)Cc1cocn1)C(=O)OCc1ccccc1. The molecule has 0 saturated heterocycles. The van der Waals surface area contributed by atoms with E-state index in [2.05, 4.69) is 4.98 Å². The maximum Gasteiger partial charge on any atom is 0.363 e. The van der Waals surface area contributed by atoms with Crippen LogP contribution in [0.15, 0.2) is 47.4 Å². The molecule has 1 aromatic heterocycles. The summed E-state index contributed by atoms with van der Waals surface area (Å²) in [7, 11) is 0. The van der Waals surface area contributed by atoms with Gasteiger partial charge in [0.2, 0.25) is 6.23 Å². The predicted molar refractivity (Wildman–Crippen MR) is 70.5 cm³/mol. The van der Waals surface area contributed by atoms with Gasteiger partial charge in [-0.15, -0.1) is 0 Å². The second-order valence-corrected chi connectivity index (χ2v) is 4.16. The summed E-state index contributed by atoms with van der Waals surface area (Å²) in [5, 5.41) is 0. The minimum absolute atomic E-state index is 0.0637. The molecule has 0 radical (unpaired) electrons. The zero-order chi connectivity index (χ0) is 15.1. The number of esters is 2. The van der Waals surface area contributed by atoms with E-state index in [1.54, 1.807) is 12.1 Å². The molecule has 1 atom stereocenters. The maximum absolute atomic E-state index is 11.6. The molecule has 0 aliphatic rings. The van der Waals surface area contributed by atoms with Crippen LogP contribution in [-0.2, 0) is 32.1 Å². The molecule has 0 fully saturated rings. The molecule has 0 aliphatic carbocycles. The predicted octanol–water partition coefficient (Wildman–Crippen LogP) is 0.788. The number of hydrogen-bond acceptors (Lipinski definition) is 7. The summed E-state index contributed by atoms with van der Waals surface area (Å²) < 4.78 is 14.4. The van der Waals surface area contributed by atoms with Gasteiger partial charge in [0.25, 0.3) is 0 Å². The number of nitrogens with zero attached hydrogens (tertiary/aromatic N) is 1. The molecule has 2 rings (SSSR count). The Labute approximate surface area is 120 Å². The first-order chi connectivity index (χ1) is 10.1. The topological polar surface area (TPSA) is 105 Å². The van der Waals surface area contributed by atoms with Crippen molar-refractivity contribution in [3.05, 3.63) is 54.2 Å². The van der Waals surface area contributed by atoms with E-state index < -0.39 is 18.2 Å². The van der Waals surface area contributed by atoms with Crippen molar-refractivity contribution in [1.29, 1.82) is 0 Å². The van der Waals surface area contributed by atoms with Crippen molar-refractivity contribution in [3.63, 3.8) is 0 Å². The second-order valence-electron chi connectivity index (χ2n) is 4.16. The van der Waals surface area contributed by atoms with Crippen molar-refractivity contribution in [3.8, 4) is 0 Å². The molecule has 0 saturated carbocycles. The van der Waals surface area contributed by atoms with E-state index in [9.17, 15) is 9.59 Å². The number of carbonyl (C=O) groups is 2. The zero-order valence-corrected chi connectivity index (χ0v) is 11.1. The van der Waals surface area contributed by atoms with E-state index in [0.717, 1.165) is 5.56 Å². The number of oxazole rings is 1.